The number of halogens is 1. The largest absolute Gasteiger partial charge is 0.487 e. The van der Waals surface area contributed by atoms with E-state index in [2.05, 4.69) is 4.98 Å². The summed E-state index contributed by atoms with van der Waals surface area (Å²) >= 11 is 0. The van der Waals surface area contributed by atoms with Crippen molar-refractivity contribution >= 4 is 0 Å². The van der Waals surface area contributed by atoms with Gasteiger partial charge in [-0.2, -0.15) is 0 Å². The fourth-order valence-corrected chi connectivity index (χ4v) is 1.16. The number of nitrogens with zero attached hydrogens (tertiary/aromatic N) is 1. The topological polar surface area (TPSA) is 35.3 Å². The van der Waals surface area contributed by atoms with Crippen LogP contribution in [-0.2, 0) is 6.61 Å². The van der Waals surface area contributed by atoms with Gasteiger partial charge < -0.3 is 9.15 Å². The molecule has 0 amide bonds. The van der Waals surface area contributed by atoms with Crippen molar-refractivity contribution in [1.82, 2.24) is 4.98 Å². The van der Waals surface area contributed by atoms with Crippen molar-refractivity contribution in [1.29, 1.82) is 0 Å². The second-order valence-corrected chi connectivity index (χ2v) is 3.10. The van der Waals surface area contributed by atoms with E-state index in [9.17, 15) is 4.39 Å². The molecule has 0 unspecified atom stereocenters. The molecule has 0 saturated heterocycles. The van der Waals surface area contributed by atoms with Crippen LogP contribution < -0.4 is 4.74 Å². The Morgan fingerprint density at radius 3 is 2.67 bits per heavy atom. The third-order valence-corrected chi connectivity index (χ3v) is 1.87. The number of aryl methyl sites for hydroxylation is 1. The molecule has 15 heavy (non-hydrogen) atoms. The van der Waals surface area contributed by atoms with Crippen LogP contribution in [0.5, 0.6) is 5.75 Å². The third-order valence-electron chi connectivity index (χ3n) is 1.87. The fraction of sp³-hybridized carbons (Fsp3) is 0.182. The van der Waals surface area contributed by atoms with E-state index in [4.69, 9.17) is 9.15 Å². The summed E-state index contributed by atoms with van der Waals surface area (Å²) in [6.07, 6.45) is 1.54. The number of aromatic nitrogens is 1. The molecule has 0 aliphatic heterocycles. The molecule has 0 N–H and O–H groups in total. The zero-order valence-corrected chi connectivity index (χ0v) is 8.24. The standard InChI is InChI=1S/C11H10FNO2/c1-8-13-10(6-14-8)7-15-11-4-2-9(12)3-5-11/h2-6H,7H2,1H3. The predicted octanol–water partition coefficient (Wildman–Crippen LogP) is 2.70. The van der Waals surface area contributed by atoms with E-state index in [0.29, 0.717) is 18.2 Å². The van der Waals surface area contributed by atoms with Crippen LogP contribution in [0.4, 0.5) is 4.39 Å². The van der Waals surface area contributed by atoms with Gasteiger partial charge in [-0.15, -0.1) is 0 Å². The van der Waals surface area contributed by atoms with Crippen LogP contribution >= 0.6 is 0 Å². The zero-order chi connectivity index (χ0) is 10.7. The van der Waals surface area contributed by atoms with Gasteiger partial charge in [-0.1, -0.05) is 0 Å². The van der Waals surface area contributed by atoms with E-state index < -0.39 is 0 Å². The first-order valence-corrected chi connectivity index (χ1v) is 4.53. The summed E-state index contributed by atoms with van der Waals surface area (Å²) in [4.78, 5) is 4.08. The van der Waals surface area contributed by atoms with Crippen molar-refractivity contribution in [3.05, 3.63) is 47.9 Å². The van der Waals surface area contributed by atoms with Gasteiger partial charge in [0.2, 0.25) is 0 Å². The number of hydrogen-bond acceptors (Lipinski definition) is 3. The summed E-state index contributed by atoms with van der Waals surface area (Å²) in [6.45, 7) is 2.09. The van der Waals surface area contributed by atoms with E-state index in [-0.39, 0.29) is 5.82 Å². The van der Waals surface area contributed by atoms with E-state index in [0.717, 1.165) is 5.69 Å². The number of ether oxygens (including phenoxy) is 1. The van der Waals surface area contributed by atoms with Gasteiger partial charge in [0.05, 0.1) is 0 Å². The lowest BCUT2D eigenvalue weighted by Gasteiger charge is -2.02. The number of oxazole rings is 1. The minimum atomic E-state index is -0.278. The maximum absolute atomic E-state index is 12.6. The van der Waals surface area contributed by atoms with Crippen LogP contribution in [0.2, 0.25) is 0 Å². The SMILES string of the molecule is Cc1nc(COc2ccc(F)cc2)co1. The Labute approximate surface area is 86.5 Å². The number of hydrogen-bond donors (Lipinski definition) is 0. The van der Waals surface area contributed by atoms with E-state index in [1.165, 1.54) is 12.1 Å². The van der Waals surface area contributed by atoms with Crippen LogP contribution in [-0.4, -0.2) is 4.98 Å². The predicted molar refractivity (Wildman–Crippen MR) is 52.0 cm³/mol. The zero-order valence-electron chi connectivity index (χ0n) is 8.24. The molecule has 0 spiro atoms. The molecule has 78 valence electrons. The molecule has 3 nitrogen and oxygen atoms in total. The average molecular weight is 207 g/mol. The minimum absolute atomic E-state index is 0.278. The first kappa shape index (κ1) is 9.71. The minimum Gasteiger partial charge on any atom is -0.487 e. The Morgan fingerprint density at radius 2 is 2.07 bits per heavy atom. The van der Waals surface area contributed by atoms with Gasteiger partial charge in [-0.25, -0.2) is 9.37 Å². The van der Waals surface area contributed by atoms with E-state index in [1.54, 1.807) is 25.3 Å². The normalized spacial score (nSPS) is 10.3. The first-order valence-electron chi connectivity index (χ1n) is 4.53. The van der Waals surface area contributed by atoms with Crippen molar-refractivity contribution in [2.75, 3.05) is 0 Å². The van der Waals surface area contributed by atoms with Gasteiger partial charge in [0.15, 0.2) is 5.89 Å². The van der Waals surface area contributed by atoms with Crippen molar-refractivity contribution in [3.63, 3.8) is 0 Å². The molecule has 1 heterocycles. The van der Waals surface area contributed by atoms with Crippen LogP contribution in [0, 0.1) is 12.7 Å². The highest BCUT2D eigenvalue weighted by Crippen LogP contribution is 2.13. The Bertz CT molecular complexity index is 436. The van der Waals surface area contributed by atoms with Crippen LogP contribution in [0.3, 0.4) is 0 Å². The van der Waals surface area contributed by atoms with Crippen LogP contribution in [0.25, 0.3) is 0 Å². The molecule has 0 aliphatic rings. The summed E-state index contributed by atoms with van der Waals surface area (Å²) in [5.74, 6) is 0.935. The van der Waals surface area contributed by atoms with Crippen molar-refractivity contribution in [3.8, 4) is 5.75 Å². The highest BCUT2D eigenvalue weighted by molar-refractivity contribution is 5.22. The molecular formula is C11H10FNO2. The summed E-state index contributed by atoms with van der Waals surface area (Å²) in [5.41, 5.74) is 0.719. The van der Waals surface area contributed by atoms with Crippen molar-refractivity contribution < 1.29 is 13.5 Å². The fourth-order valence-electron chi connectivity index (χ4n) is 1.16. The lowest BCUT2D eigenvalue weighted by atomic mass is 10.3. The maximum Gasteiger partial charge on any atom is 0.191 e. The molecule has 1 aromatic carbocycles. The van der Waals surface area contributed by atoms with Crippen LogP contribution in [0.1, 0.15) is 11.6 Å². The molecule has 0 saturated carbocycles. The highest BCUT2D eigenvalue weighted by Gasteiger charge is 2.00. The van der Waals surface area contributed by atoms with Gasteiger partial charge in [0, 0.05) is 6.92 Å². The van der Waals surface area contributed by atoms with Gasteiger partial charge in [-0.05, 0) is 24.3 Å². The van der Waals surface area contributed by atoms with Crippen molar-refractivity contribution in [2.45, 2.75) is 13.5 Å². The van der Waals surface area contributed by atoms with E-state index >= 15 is 0 Å². The molecule has 0 atom stereocenters. The Balaban J connectivity index is 1.96. The van der Waals surface area contributed by atoms with Gasteiger partial charge >= 0.3 is 0 Å². The first-order chi connectivity index (χ1) is 7.24. The molecular weight excluding hydrogens is 197 g/mol. The highest BCUT2D eigenvalue weighted by atomic mass is 19.1. The summed E-state index contributed by atoms with van der Waals surface area (Å²) < 4.78 is 23.0. The molecule has 2 aromatic rings. The van der Waals surface area contributed by atoms with Gasteiger partial charge in [0.1, 0.15) is 30.1 Å². The number of benzene rings is 1. The molecule has 0 bridgehead atoms. The van der Waals surface area contributed by atoms with Gasteiger partial charge in [0.25, 0.3) is 0 Å². The monoisotopic (exact) mass is 207 g/mol. The maximum atomic E-state index is 12.6. The molecule has 4 heteroatoms. The molecule has 0 aliphatic carbocycles. The summed E-state index contributed by atoms with van der Waals surface area (Å²) in [7, 11) is 0. The lowest BCUT2D eigenvalue weighted by Crippen LogP contribution is -1.95. The van der Waals surface area contributed by atoms with Crippen molar-refractivity contribution in [2.24, 2.45) is 0 Å². The Hall–Kier alpha value is -1.84. The Kier molecular flexibility index (Phi) is 2.67. The smallest absolute Gasteiger partial charge is 0.191 e. The van der Waals surface area contributed by atoms with Gasteiger partial charge in [-0.3, -0.25) is 0 Å². The second kappa shape index (κ2) is 4.13. The quantitative estimate of drug-likeness (QED) is 0.776. The Morgan fingerprint density at radius 1 is 1.33 bits per heavy atom. The molecule has 2 rings (SSSR count). The third kappa shape index (κ3) is 2.56. The lowest BCUT2D eigenvalue weighted by molar-refractivity contribution is 0.300. The molecule has 1 aromatic heterocycles. The number of rotatable bonds is 3. The van der Waals surface area contributed by atoms with E-state index in [1.807, 2.05) is 0 Å². The van der Waals surface area contributed by atoms with Crippen LogP contribution in [0.15, 0.2) is 34.9 Å². The average Bonchev–Trinajstić information content (AvgIpc) is 2.64. The summed E-state index contributed by atoms with van der Waals surface area (Å²) in [5, 5.41) is 0. The summed E-state index contributed by atoms with van der Waals surface area (Å²) in [6, 6.07) is 5.84. The molecule has 0 fully saturated rings. The molecule has 0 radical (unpaired) electrons. The second-order valence-electron chi connectivity index (χ2n) is 3.10.